The largest absolute Gasteiger partial charge is 0.352 e. The summed E-state index contributed by atoms with van der Waals surface area (Å²) in [5.74, 6) is 0.401. The van der Waals surface area contributed by atoms with Crippen LogP contribution in [0.5, 0.6) is 0 Å². The van der Waals surface area contributed by atoms with Gasteiger partial charge in [0.05, 0.1) is 0 Å². The van der Waals surface area contributed by atoms with Crippen molar-refractivity contribution in [2.24, 2.45) is 0 Å². The molecule has 2 aromatic carbocycles. The van der Waals surface area contributed by atoms with E-state index in [0.717, 1.165) is 11.3 Å². The van der Waals surface area contributed by atoms with Gasteiger partial charge in [0.2, 0.25) is 0 Å². The zero-order chi connectivity index (χ0) is 19.9. The molecule has 142 valence electrons. The quantitative estimate of drug-likeness (QED) is 0.573. The molecule has 0 saturated carbocycles. The first-order valence-electron chi connectivity index (χ1n) is 8.88. The summed E-state index contributed by atoms with van der Waals surface area (Å²) in [7, 11) is 0. The molecule has 0 unspecified atom stereocenters. The minimum absolute atomic E-state index is 0.0149. The Labute approximate surface area is 168 Å². The first-order chi connectivity index (χ1) is 13.5. The van der Waals surface area contributed by atoms with E-state index in [0.29, 0.717) is 34.9 Å². The molecule has 0 aliphatic rings. The highest BCUT2D eigenvalue weighted by atomic mass is 35.5. The number of carbonyl (C=O) groups excluding carboxylic acids is 2. The van der Waals surface area contributed by atoms with Crippen LogP contribution in [0.4, 0.5) is 11.5 Å². The predicted molar refractivity (Wildman–Crippen MR) is 111 cm³/mol. The van der Waals surface area contributed by atoms with E-state index in [-0.39, 0.29) is 11.7 Å². The van der Waals surface area contributed by atoms with Crippen molar-refractivity contribution < 1.29 is 9.59 Å². The number of nitrogens with one attached hydrogen (secondary N) is 2. The van der Waals surface area contributed by atoms with Crippen LogP contribution in [-0.2, 0) is 6.42 Å². The fraction of sp³-hybridized carbons (Fsp3) is 0.136. The molecule has 6 heteroatoms. The van der Waals surface area contributed by atoms with Gasteiger partial charge in [0.1, 0.15) is 5.82 Å². The highest BCUT2D eigenvalue weighted by Crippen LogP contribution is 2.17. The Hall–Kier alpha value is -3.18. The van der Waals surface area contributed by atoms with Crippen molar-refractivity contribution in [1.82, 2.24) is 10.3 Å². The number of aromatic nitrogens is 1. The number of Topliss-reactive ketones (excluding diaryl/α,β-unsaturated/α-hetero) is 1. The second kappa shape index (κ2) is 9.15. The third kappa shape index (κ3) is 5.41. The standard InChI is InChI=1S/C22H20ClN3O2/c1-15(27)17-5-7-20(8-6-17)26-21-14-18(10-12-24-21)22(28)25-11-9-16-3-2-4-19(23)13-16/h2-8,10,12-14H,9,11H2,1H3,(H,24,26)(H,25,28). The van der Waals surface area contributed by atoms with Crippen LogP contribution in [0.3, 0.4) is 0 Å². The number of amides is 1. The van der Waals surface area contributed by atoms with Gasteiger partial charge in [-0.05, 0) is 67.4 Å². The summed E-state index contributed by atoms with van der Waals surface area (Å²) in [5, 5.41) is 6.72. The molecule has 0 fully saturated rings. The summed E-state index contributed by atoms with van der Waals surface area (Å²) in [6.07, 6.45) is 2.28. The van der Waals surface area contributed by atoms with Crippen LogP contribution in [0.25, 0.3) is 0 Å². The molecule has 2 N–H and O–H groups in total. The minimum atomic E-state index is -0.167. The normalized spacial score (nSPS) is 10.4. The maximum Gasteiger partial charge on any atom is 0.251 e. The van der Waals surface area contributed by atoms with Gasteiger partial charge in [-0.1, -0.05) is 23.7 Å². The smallest absolute Gasteiger partial charge is 0.251 e. The van der Waals surface area contributed by atoms with Crippen LogP contribution in [0, 0.1) is 0 Å². The fourth-order valence-electron chi connectivity index (χ4n) is 2.69. The maximum absolute atomic E-state index is 12.4. The Morgan fingerprint density at radius 3 is 2.50 bits per heavy atom. The zero-order valence-electron chi connectivity index (χ0n) is 15.4. The molecule has 1 heterocycles. The van der Waals surface area contributed by atoms with Gasteiger partial charge in [0.15, 0.2) is 5.78 Å². The van der Waals surface area contributed by atoms with E-state index < -0.39 is 0 Å². The highest BCUT2D eigenvalue weighted by Gasteiger charge is 2.07. The maximum atomic E-state index is 12.4. The number of rotatable bonds is 7. The molecule has 0 bridgehead atoms. The van der Waals surface area contributed by atoms with Gasteiger partial charge in [-0.3, -0.25) is 9.59 Å². The summed E-state index contributed by atoms with van der Waals surface area (Å²) >= 11 is 5.97. The lowest BCUT2D eigenvalue weighted by Gasteiger charge is -2.09. The van der Waals surface area contributed by atoms with Gasteiger partial charge in [0.25, 0.3) is 5.91 Å². The number of anilines is 2. The number of hydrogen-bond acceptors (Lipinski definition) is 4. The topological polar surface area (TPSA) is 71.1 Å². The van der Waals surface area contributed by atoms with Gasteiger partial charge in [-0.25, -0.2) is 4.98 Å². The van der Waals surface area contributed by atoms with E-state index in [4.69, 9.17) is 11.6 Å². The third-order valence-electron chi connectivity index (χ3n) is 4.17. The van der Waals surface area contributed by atoms with E-state index >= 15 is 0 Å². The van der Waals surface area contributed by atoms with Gasteiger partial charge < -0.3 is 10.6 Å². The summed E-state index contributed by atoms with van der Waals surface area (Å²) in [4.78, 5) is 28.0. The number of pyridine rings is 1. The first-order valence-corrected chi connectivity index (χ1v) is 9.26. The van der Waals surface area contributed by atoms with Crippen LogP contribution in [-0.4, -0.2) is 23.2 Å². The van der Waals surface area contributed by atoms with E-state index in [1.165, 1.54) is 6.92 Å². The van der Waals surface area contributed by atoms with Crippen molar-refractivity contribution in [3.8, 4) is 0 Å². The number of ketones is 1. The molecule has 0 spiro atoms. The molecule has 0 aliphatic heterocycles. The van der Waals surface area contributed by atoms with Gasteiger partial charge in [-0.15, -0.1) is 0 Å². The number of nitrogens with zero attached hydrogens (tertiary/aromatic N) is 1. The third-order valence-corrected chi connectivity index (χ3v) is 4.41. The number of benzene rings is 2. The molecule has 0 aliphatic carbocycles. The number of halogens is 1. The Morgan fingerprint density at radius 1 is 1.00 bits per heavy atom. The monoisotopic (exact) mass is 393 g/mol. The van der Waals surface area contributed by atoms with Crippen LogP contribution in [0.15, 0.2) is 66.9 Å². The lowest BCUT2D eigenvalue weighted by atomic mass is 10.1. The van der Waals surface area contributed by atoms with Crippen molar-refractivity contribution >= 4 is 34.8 Å². The Bertz CT molecular complexity index is 987. The van der Waals surface area contributed by atoms with Crippen LogP contribution in [0.1, 0.15) is 33.2 Å². The first kappa shape index (κ1) is 19.6. The molecule has 3 aromatic rings. The van der Waals surface area contributed by atoms with Crippen LogP contribution >= 0.6 is 11.6 Å². The molecule has 28 heavy (non-hydrogen) atoms. The second-order valence-electron chi connectivity index (χ2n) is 6.32. The lowest BCUT2D eigenvalue weighted by molar-refractivity contribution is 0.0953. The number of hydrogen-bond donors (Lipinski definition) is 2. The van der Waals surface area contributed by atoms with E-state index in [9.17, 15) is 9.59 Å². The number of carbonyl (C=O) groups is 2. The van der Waals surface area contributed by atoms with Crippen molar-refractivity contribution in [2.45, 2.75) is 13.3 Å². The summed E-state index contributed by atoms with van der Waals surface area (Å²) in [6, 6.07) is 18.0. The minimum Gasteiger partial charge on any atom is -0.352 e. The van der Waals surface area contributed by atoms with Crippen molar-refractivity contribution in [3.05, 3.63) is 88.6 Å². The van der Waals surface area contributed by atoms with Gasteiger partial charge >= 0.3 is 0 Å². The molecular formula is C22H20ClN3O2. The van der Waals surface area contributed by atoms with Crippen LogP contribution in [0.2, 0.25) is 5.02 Å². The van der Waals surface area contributed by atoms with Crippen molar-refractivity contribution in [3.63, 3.8) is 0 Å². The SMILES string of the molecule is CC(=O)c1ccc(Nc2cc(C(=O)NCCc3cccc(Cl)c3)ccn2)cc1. The molecule has 5 nitrogen and oxygen atoms in total. The Balaban J connectivity index is 1.58. The lowest BCUT2D eigenvalue weighted by Crippen LogP contribution is -2.25. The Kier molecular flexibility index (Phi) is 6.40. The molecule has 3 rings (SSSR count). The zero-order valence-corrected chi connectivity index (χ0v) is 16.2. The predicted octanol–water partition coefficient (Wildman–Crippen LogP) is 4.65. The van der Waals surface area contributed by atoms with E-state index in [1.807, 2.05) is 24.3 Å². The van der Waals surface area contributed by atoms with Crippen molar-refractivity contribution in [2.75, 3.05) is 11.9 Å². The van der Waals surface area contributed by atoms with Gasteiger partial charge in [-0.2, -0.15) is 0 Å². The molecule has 1 amide bonds. The molecule has 1 aromatic heterocycles. The van der Waals surface area contributed by atoms with Crippen LogP contribution < -0.4 is 10.6 Å². The molecule has 0 saturated heterocycles. The highest BCUT2D eigenvalue weighted by molar-refractivity contribution is 6.30. The van der Waals surface area contributed by atoms with E-state index in [1.54, 1.807) is 42.6 Å². The summed E-state index contributed by atoms with van der Waals surface area (Å²) < 4.78 is 0. The average Bonchev–Trinajstić information content (AvgIpc) is 2.68. The second-order valence-corrected chi connectivity index (χ2v) is 6.76. The molecule has 0 radical (unpaired) electrons. The average molecular weight is 394 g/mol. The molecular weight excluding hydrogens is 374 g/mol. The van der Waals surface area contributed by atoms with Crippen molar-refractivity contribution in [1.29, 1.82) is 0 Å². The Morgan fingerprint density at radius 2 is 1.79 bits per heavy atom. The van der Waals surface area contributed by atoms with E-state index in [2.05, 4.69) is 15.6 Å². The summed E-state index contributed by atoms with van der Waals surface area (Å²) in [5.41, 5.74) is 3.02. The summed E-state index contributed by atoms with van der Waals surface area (Å²) in [6.45, 7) is 2.04. The molecule has 0 atom stereocenters. The fourth-order valence-corrected chi connectivity index (χ4v) is 2.90. The van der Waals surface area contributed by atoms with Gasteiger partial charge in [0, 0.05) is 34.6 Å².